The van der Waals surface area contributed by atoms with E-state index in [1.165, 1.54) is 11.3 Å². The van der Waals surface area contributed by atoms with Crippen molar-refractivity contribution in [2.75, 3.05) is 50.5 Å². The van der Waals surface area contributed by atoms with E-state index in [2.05, 4.69) is 4.90 Å². The number of thiazole rings is 1. The number of nitrogens with zero attached hydrogens (tertiary/aromatic N) is 3. The maximum Gasteiger partial charge on any atom is 0.261 e. The van der Waals surface area contributed by atoms with Crippen LogP contribution in [0.15, 0.2) is 47.4 Å². The minimum Gasteiger partial charge on any atom is -0.379 e. The minimum atomic E-state index is -0.0293. The van der Waals surface area contributed by atoms with E-state index in [1.54, 1.807) is 16.7 Å². The molecule has 0 saturated carbocycles. The van der Waals surface area contributed by atoms with Crippen molar-refractivity contribution in [2.45, 2.75) is 4.90 Å². The molecule has 1 saturated heterocycles. The quantitative estimate of drug-likeness (QED) is 0.514. The molecular formula is C21H22ClN3O2S2. The van der Waals surface area contributed by atoms with Gasteiger partial charge >= 0.3 is 0 Å². The first-order chi connectivity index (χ1) is 14.2. The highest BCUT2D eigenvalue weighted by molar-refractivity contribution is 7.98. The largest absolute Gasteiger partial charge is 0.379 e. The maximum absolute atomic E-state index is 13.6. The lowest BCUT2D eigenvalue weighted by molar-refractivity contribution is 0.0391. The number of rotatable bonds is 6. The smallest absolute Gasteiger partial charge is 0.261 e. The lowest BCUT2D eigenvalue weighted by atomic mass is 10.2. The lowest BCUT2D eigenvalue weighted by Crippen LogP contribution is -2.43. The Hall–Kier alpha value is -1.64. The fraction of sp³-hybridized carbons (Fsp3) is 0.333. The first-order valence-corrected chi connectivity index (χ1v) is 11.9. The van der Waals surface area contributed by atoms with Crippen molar-refractivity contribution in [3.8, 4) is 0 Å². The number of benzene rings is 2. The molecule has 29 heavy (non-hydrogen) atoms. The third-order valence-electron chi connectivity index (χ3n) is 4.92. The predicted octanol–water partition coefficient (Wildman–Crippen LogP) is 4.65. The van der Waals surface area contributed by atoms with Crippen molar-refractivity contribution in [2.24, 2.45) is 0 Å². The summed E-state index contributed by atoms with van der Waals surface area (Å²) in [4.78, 5) is 23.4. The molecular weight excluding hydrogens is 426 g/mol. The van der Waals surface area contributed by atoms with Crippen molar-refractivity contribution >= 4 is 56.0 Å². The molecule has 0 unspecified atom stereocenters. The molecule has 152 valence electrons. The van der Waals surface area contributed by atoms with E-state index in [0.29, 0.717) is 22.3 Å². The normalized spacial score (nSPS) is 15.0. The lowest BCUT2D eigenvalue weighted by Gasteiger charge is -2.29. The van der Waals surface area contributed by atoms with Crippen LogP contribution in [0.5, 0.6) is 0 Å². The standard InChI is InChI=1S/C21H22ClN3O2S2/c1-28-17-7-3-2-5-15(17)20(26)25(10-9-24-11-13-27-14-12-24)21-23-19-16(22)6-4-8-18(19)29-21/h2-8H,9-14H2,1H3. The van der Waals surface area contributed by atoms with Crippen LogP contribution in [0.2, 0.25) is 5.02 Å². The number of hydrogen-bond acceptors (Lipinski definition) is 6. The number of ether oxygens (including phenoxy) is 1. The fourth-order valence-corrected chi connectivity index (χ4v) is 5.22. The average molecular weight is 448 g/mol. The van der Waals surface area contributed by atoms with Gasteiger partial charge in [-0.05, 0) is 30.5 Å². The molecule has 0 radical (unpaired) electrons. The summed E-state index contributed by atoms with van der Waals surface area (Å²) in [7, 11) is 0. The Balaban J connectivity index is 1.67. The molecule has 1 amide bonds. The molecule has 0 bridgehead atoms. The summed E-state index contributed by atoms with van der Waals surface area (Å²) in [6, 6.07) is 13.5. The Bertz CT molecular complexity index is 1000. The Morgan fingerprint density at radius 3 is 2.79 bits per heavy atom. The Kier molecular flexibility index (Phi) is 6.72. The summed E-state index contributed by atoms with van der Waals surface area (Å²) >= 11 is 9.41. The second kappa shape index (κ2) is 9.45. The van der Waals surface area contributed by atoms with Gasteiger partial charge in [0.15, 0.2) is 5.13 Å². The van der Waals surface area contributed by atoms with Crippen molar-refractivity contribution in [1.82, 2.24) is 9.88 Å². The molecule has 5 nitrogen and oxygen atoms in total. The van der Waals surface area contributed by atoms with Gasteiger partial charge in [-0.25, -0.2) is 4.98 Å². The summed E-state index contributed by atoms with van der Waals surface area (Å²) in [6.07, 6.45) is 1.99. The van der Waals surface area contributed by atoms with Gasteiger partial charge in [-0.3, -0.25) is 14.6 Å². The first kappa shape index (κ1) is 20.6. The van der Waals surface area contributed by atoms with Gasteiger partial charge in [0, 0.05) is 31.1 Å². The molecule has 1 fully saturated rings. The van der Waals surface area contributed by atoms with Crippen LogP contribution < -0.4 is 4.90 Å². The monoisotopic (exact) mass is 447 g/mol. The van der Waals surface area contributed by atoms with E-state index in [0.717, 1.165) is 48.0 Å². The van der Waals surface area contributed by atoms with Gasteiger partial charge in [-0.2, -0.15) is 0 Å². The number of anilines is 1. The number of carbonyl (C=O) groups is 1. The highest BCUT2D eigenvalue weighted by atomic mass is 35.5. The molecule has 2 heterocycles. The number of fused-ring (bicyclic) bond motifs is 1. The van der Waals surface area contributed by atoms with Crippen molar-refractivity contribution in [3.63, 3.8) is 0 Å². The third-order valence-corrected chi connectivity index (χ3v) is 7.06. The van der Waals surface area contributed by atoms with Crippen LogP contribution in [-0.2, 0) is 4.74 Å². The third kappa shape index (κ3) is 4.59. The zero-order valence-electron chi connectivity index (χ0n) is 16.1. The summed E-state index contributed by atoms with van der Waals surface area (Å²) in [5, 5.41) is 1.29. The van der Waals surface area contributed by atoms with E-state index in [-0.39, 0.29) is 5.91 Å². The number of amides is 1. The Morgan fingerprint density at radius 1 is 1.24 bits per heavy atom. The molecule has 1 aliphatic rings. The van der Waals surface area contributed by atoms with Gasteiger partial charge in [0.25, 0.3) is 5.91 Å². The maximum atomic E-state index is 13.6. The van der Waals surface area contributed by atoms with Crippen LogP contribution in [0, 0.1) is 0 Å². The molecule has 8 heteroatoms. The van der Waals surface area contributed by atoms with Gasteiger partial charge in [0.05, 0.1) is 28.5 Å². The number of aromatic nitrogens is 1. The highest BCUT2D eigenvalue weighted by Crippen LogP contribution is 2.34. The second-order valence-corrected chi connectivity index (χ2v) is 8.96. The van der Waals surface area contributed by atoms with Gasteiger partial charge < -0.3 is 4.74 Å². The molecule has 1 aromatic heterocycles. The SMILES string of the molecule is CSc1ccccc1C(=O)N(CCN1CCOCC1)c1nc2c(Cl)cccc2s1. The summed E-state index contributed by atoms with van der Waals surface area (Å²) in [5.74, 6) is -0.0293. The van der Waals surface area contributed by atoms with E-state index in [4.69, 9.17) is 21.3 Å². The molecule has 1 aliphatic heterocycles. The zero-order valence-corrected chi connectivity index (χ0v) is 18.5. The summed E-state index contributed by atoms with van der Waals surface area (Å²) in [6.45, 7) is 4.59. The zero-order chi connectivity index (χ0) is 20.2. The summed E-state index contributed by atoms with van der Waals surface area (Å²) in [5.41, 5.74) is 1.45. The van der Waals surface area contributed by atoms with Crippen molar-refractivity contribution in [3.05, 3.63) is 53.1 Å². The van der Waals surface area contributed by atoms with Crippen LogP contribution in [-0.4, -0.2) is 61.4 Å². The predicted molar refractivity (Wildman–Crippen MR) is 122 cm³/mol. The topological polar surface area (TPSA) is 45.7 Å². The van der Waals surface area contributed by atoms with Gasteiger partial charge in [-0.1, -0.05) is 41.1 Å². The van der Waals surface area contributed by atoms with Gasteiger partial charge in [0.1, 0.15) is 5.52 Å². The minimum absolute atomic E-state index is 0.0293. The van der Waals surface area contributed by atoms with Crippen molar-refractivity contribution in [1.29, 1.82) is 0 Å². The molecule has 0 N–H and O–H groups in total. The van der Waals surface area contributed by atoms with E-state index in [9.17, 15) is 4.79 Å². The van der Waals surface area contributed by atoms with Crippen LogP contribution in [0.1, 0.15) is 10.4 Å². The van der Waals surface area contributed by atoms with E-state index in [1.807, 2.05) is 48.7 Å². The molecule has 0 atom stereocenters. The summed E-state index contributed by atoms with van der Waals surface area (Å²) < 4.78 is 6.42. The second-order valence-electron chi connectivity index (χ2n) is 6.69. The van der Waals surface area contributed by atoms with Crippen LogP contribution in [0.25, 0.3) is 10.2 Å². The molecule has 0 aliphatic carbocycles. The number of thioether (sulfide) groups is 1. The van der Waals surface area contributed by atoms with Crippen LogP contribution >= 0.6 is 34.7 Å². The number of morpholine rings is 1. The number of hydrogen-bond donors (Lipinski definition) is 0. The number of halogens is 1. The van der Waals surface area contributed by atoms with E-state index >= 15 is 0 Å². The Morgan fingerprint density at radius 2 is 2.03 bits per heavy atom. The van der Waals surface area contributed by atoms with Gasteiger partial charge in [-0.15, -0.1) is 11.8 Å². The number of para-hydroxylation sites is 1. The molecule has 3 aromatic rings. The number of carbonyl (C=O) groups excluding carboxylic acids is 1. The molecule has 4 rings (SSSR count). The molecule has 2 aromatic carbocycles. The van der Waals surface area contributed by atoms with Crippen LogP contribution in [0.3, 0.4) is 0 Å². The highest BCUT2D eigenvalue weighted by Gasteiger charge is 2.24. The first-order valence-electron chi connectivity index (χ1n) is 9.47. The van der Waals surface area contributed by atoms with E-state index < -0.39 is 0 Å². The average Bonchev–Trinajstić information content (AvgIpc) is 3.20. The fourth-order valence-electron chi connectivity index (χ4n) is 3.34. The van der Waals surface area contributed by atoms with Gasteiger partial charge in [0.2, 0.25) is 0 Å². The molecule has 0 spiro atoms. The Labute approximate surface area is 183 Å². The van der Waals surface area contributed by atoms with Crippen LogP contribution in [0.4, 0.5) is 5.13 Å². The van der Waals surface area contributed by atoms with Crippen molar-refractivity contribution < 1.29 is 9.53 Å².